The number of aromatic nitrogens is 1. The van der Waals surface area contributed by atoms with Gasteiger partial charge in [-0.25, -0.2) is 0 Å². The summed E-state index contributed by atoms with van der Waals surface area (Å²) in [4.78, 5) is 4.42. The maximum absolute atomic E-state index is 8.16. The van der Waals surface area contributed by atoms with E-state index < -0.39 is 0 Å². The molecule has 2 nitrogen and oxygen atoms in total. The molecule has 0 saturated heterocycles. The number of rotatable bonds is 2. The number of aryl methyl sites for hydroxylation is 1. The predicted molar refractivity (Wildman–Crippen MR) is 74.6 cm³/mol. The second kappa shape index (κ2) is 9.67. The van der Waals surface area contributed by atoms with E-state index in [-0.39, 0.29) is 7.43 Å². The fourth-order valence-corrected chi connectivity index (χ4v) is 2.29. The van der Waals surface area contributed by atoms with E-state index in [9.17, 15) is 0 Å². The summed E-state index contributed by atoms with van der Waals surface area (Å²) in [6.45, 7) is 1.98. The topological polar surface area (TPSA) is 36.7 Å². The van der Waals surface area contributed by atoms with Crippen molar-refractivity contribution in [3.63, 3.8) is 0 Å². The average molecular weight is 359 g/mol. The van der Waals surface area contributed by atoms with E-state index in [2.05, 4.69) is 32.7 Å². The van der Waals surface area contributed by atoms with E-state index in [0.29, 0.717) is 5.92 Å². The molecule has 0 unspecified atom stereocenters. The van der Waals surface area contributed by atoms with Gasteiger partial charge in [-0.3, -0.25) is 4.98 Å². The van der Waals surface area contributed by atoms with Gasteiger partial charge in [0.05, 0.1) is 11.4 Å². The quantitative estimate of drug-likeness (QED) is 0.472. The van der Waals surface area contributed by atoms with E-state index in [0.717, 1.165) is 17.1 Å². The van der Waals surface area contributed by atoms with Gasteiger partial charge in [0.1, 0.15) is 0 Å². The molecule has 4 heteroatoms. The van der Waals surface area contributed by atoms with Crippen molar-refractivity contribution in [2.45, 2.75) is 39.0 Å². The second-order valence-electron chi connectivity index (χ2n) is 4.41. The summed E-state index contributed by atoms with van der Waals surface area (Å²) in [5.74, 6) is 0.452. The van der Waals surface area contributed by atoms with Gasteiger partial charge in [-0.15, -0.1) is 0 Å². The van der Waals surface area contributed by atoms with Crippen molar-refractivity contribution in [1.29, 1.82) is 5.41 Å². The molecule has 1 aliphatic carbocycles. The summed E-state index contributed by atoms with van der Waals surface area (Å²) < 4.78 is 0. The normalized spacial score (nSPS) is 15.1. The van der Waals surface area contributed by atoms with Crippen molar-refractivity contribution in [2.75, 3.05) is 0 Å². The van der Waals surface area contributed by atoms with Gasteiger partial charge in [-0.05, 0) is 31.9 Å². The van der Waals surface area contributed by atoms with Crippen LogP contribution in [-0.4, -0.2) is 10.7 Å². The van der Waals surface area contributed by atoms with E-state index in [4.69, 9.17) is 5.41 Å². The Kier molecular flexibility index (Phi) is 9.55. The van der Waals surface area contributed by atoms with Crippen LogP contribution in [0.5, 0.6) is 0 Å². The summed E-state index contributed by atoms with van der Waals surface area (Å²) >= 11 is 2.22. The third kappa shape index (κ3) is 5.18. The molecule has 1 N–H and O–H groups in total. The fraction of sp³-hybridized carbons (Fsp3) is 0.500. The third-order valence-electron chi connectivity index (χ3n) is 3.18. The molecule has 18 heavy (non-hydrogen) atoms. The van der Waals surface area contributed by atoms with Crippen LogP contribution >= 0.6 is 9.53 Å². The minimum absolute atomic E-state index is 0. The SMILES string of the molecule is Cc1cccc(C(=N)C2CCCCC2)n1.[CH3-].[Cl][Pd+]. The molecule has 0 spiro atoms. The molecule has 0 aliphatic heterocycles. The number of hydrogen-bond acceptors (Lipinski definition) is 2. The van der Waals surface area contributed by atoms with E-state index in [1.807, 2.05) is 25.1 Å². The molecule has 2 rings (SSSR count). The van der Waals surface area contributed by atoms with Crippen LogP contribution in [0, 0.1) is 25.7 Å². The molecule has 1 aromatic heterocycles. The predicted octanol–water partition coefficient (Wildman–Crippen LogP) is 4.48. The number of halogens is 1. The van der Waals surface area contributed by atoms with Crippen LogP contribution in [0.15, 0.2) is 18.2 Å². The van der Waals surface area contributed by atoms with Crippen molar-refractivity contribution < 1.29 is 18.2 Å². The Labute approximate surface area is 125 Å². The molecule has 0 radical (unpaired) electrons. The van der Waals surface area contributed by atoms with E-state index in [1.165, 1.54) is 32.1 Å². The fourth-order valence-electron chi connectivity index (χ4n) is 2.29. The van der Waals surface area contributed by atoms with Gasteiger partial charge in [0, 0.05) is 11.6 Å². The average Bonchev–Trinajstić information content (AvgIpc) is 2.41. The molecule has 0 aromatic carbocycles. The zero-order valence-electron chi connectivity index (χ0n) is 11.0. The van der Waals surface area contributed by atoms with Crippen molar-refractivity contribution >= 4 is 15.2 Å². The first-order valence-electron chi connectivity index (χ1n) is 5.92. The van der Waals surface area contributed by atoms with Crippen molar-refractivity contribution in [1.82, 2.24) is 4.98 Å². The number of nitrogens with one attached hydrogen (secondary N) is 1. The molecular formula is C14H21ClN2Pd. The van der Waals surface area contributed by atoms with Gasteiger partial charge in [-0.2, -0.15) is 0 Å². The van der Waals surface area contributed by atoms with Gasteiger partial charge in [-0.1, -0.05) is 25.3 Å². The zero-order chi connectivity index (χ0) is 12.7. The molecule has 104 valence electrons. The molecule has 1 aromatic rings. The number of nitrogens with zero attached hydrogens (tertiary/aromatic N) is 1. The third-order valence-corrected chi connectivity index (χ3v) is 3.18. The Morgan fingerprint density at radius 3 is 2.44 bits per heavy atom. The standard InChI is InChI=1S/C13H18N2.CH3.ClH.Pd/c1-10-6-5-9-12(15-10)13(14)11-7-3-2-4-8-11;;;/h5-6,9,11,14H,2-4,7-8H2,1H3;1H3;1H;/q;-1;;+2/p-1. The van der Waals surface area contributed by atoms with Gasteiger partial charge >= 0.3 is 27.7 Å². The van der Waals surface area contributed by atoms with Crippen LogP contribution in [0.4, 0.5) is 0 Å². The summed E-state index contributed by atoms with van der Waals surface area (Å²) in [5.41, 5.74) is 2.63. The van der Waals surface area contributed by atoms with Gasteiger partial charge < -0.3 is 12.8 Å². The summed E-state index contributed by atoms with van der Waals surface area (Å²) in [6, 6.07) is 5.94. The minimum atomic E-state index is 0. The van der Waals surface area contributed by atoms with Crippen LogP contribution in [0.3, 0.4) is 0 Å². The first kappa shape index (κ1) is 17.8. The Morgan fingerprint density at radius 2 is 1.89 bits per heavy atom. The molecule has 1 aliphatic rings. The van der Waals surface area contributed by atoms with Crippen LogP contribution in [0.1, 0.15) is 43.5 Å². The zero-order valence-corrected chi connectivity index (χ0v) is 13.3. The van der Waals surface area contributed by atoms with Crippen molar-refractivity contribution in [3.05, 3.63) is 37.0 Å². The van der Waals surface area contributed by atoms with Gasteiger partial charge in [0.25, 0.3) is 0 Å². The van der Waals surface area contributed by atoms with Gasteiger partial charge in [0.2, 0.25) is 0 Å². The molecular weight excluding hydrogens is 338 g/mol. The summed E-state index contributed by atoms with van der Waals surface area (Å²) in [6.07, 6.45) is 6.24. The van der Waals surface area contributed by atoms with Crippen LogP contribution in [-0.2, 0) is 18.2 Å². The Morgan fingerprint density at radius 1 is 1.28 bits per heavy atom. The molecule has 0 amide bonds. The van der Waals surface area contributed by atoms with Crippen LogP contribution in [0.25, 0.3) is 0 Å². The summed E-state index contributed by atoms with van der Waals surface area (Å²) in [5, 5.41) is 8.16. The second-order valence-corrected chi connectivity index (χ2v) is 4.41. The molecule has 1 saturated carbocycles. The van der Waals surface area contributed by atoms with E-state index in [1.54, 1.807) is 0 Å². The molecule has 1 fully saturated rings. The van der Waals surface area contributed by atoms with Gasteiger partial charge in [0.15, 0.2) is 0 Å². The first-order chi connectivity index (χ1) is 8.27. The maximum atomic E-state index is 8.16. The van der Waals surface area contributed by atoms with Crippen LogP contribution in [0.2, 0.25) is 0 Å². The monoisotopic (exact) mass is 358 g/mol. The number of hydrogen-bond donors (Lipinski definition) is 1. The Hall–Kier alpha value is -0.228. The van der Waals surface area contributed by atoms with Crippen LogP contribution < -0.4 is 0 Å². The molecule has 0 atom stereocenters. The first-order valence-corrected chi connectivity index (χ1v) is 7.92. The summed E-state index contributed by atoms with van der Waals surface area (Å²) in [7, 11) is 4.49. The van der Waals surface area contributed by atoms with Crippen molar-refractivity contribution in [2.24, 2.45) is 5.92 Å². The molecule has 0 bridgehead atoms. The Bertz CT molecular complexity index is 363. The number of pyridine rings is 1. The molecule has 1 heterocycles. The Balaban J connectivity index is 0.000000917. The van der Waals surface area contributed by atoms with Crippen molar-refractivity contribution in [3.8, 4) is 0 Å². The van der Waals surface area contributed by atoms with E-state index >= 15 is 0 Å².